The van der Waals surface area contributed by atoms with Crippen molar-refractivity contribution in [1.82, 2.24) is 14.9 Å². The molecule has 120 valence electrons. The third-order valence-corrected chi connectivity index (χ3v) is 3.16. The van der Waals surface area contributed by atoms with Crippen LogP contribution in [0.1, 0.15) is 11.1 Å². The van der Waals surface area contributed by atoms with Crippen LogP contribution in [-0.2, 0) is 6.61 Å². The third kappa shape index (κ3) is 4.01. The minimum atomic E-state index is -0.427. The van der Waals surface area contributed by atoms with Gasteiger partial charge in [0.1, 0.15) is 25.0 Å². The lowest BCUT2D eigenvalue weighted by Gasteiger charge is -2.06. The van der Waals surface area contributed by atoms with Gasteiger partial charge in [-0.2, -0.15) is 5.10 Å². The molecule has 0 N–H and O–H groups in total. The van der Waals surface area contributed by atoms with Crippen LogP contribution in [0.15, 0.2) is 66.3 Å². The molecule has 0 saturated carbocycles. The molecule has 1 aromatic heterocycles. The second-order valence-corrected chi connectivity index (χ2v) is 4.87. The van der Waals surface area contributed by atoms with Gasteiger partial charge in [-0.25, -0.2) is 4.68 Å². The molecule has 2 aromatic carbocycles. The van der Waals surface area contributed by atoms with Crippen molar-refractivity contribution < 1.29 is 9.66 Å². The van der Waals surface area contributed by atoms with E-state index < -0.39 is 4.92 Å². The molecule has 0 aliphatic rings. The van der Waals surface area contributed by atoms with Crippen molar-refractivity contribution >= 4 is 11.9 Å². The summed E-state index contributed by atoms with van der Waals surface area (Å²) in [4.78, 5) is 10.2. The maximum absolute atomic E-state index is 10.6. The molecule has 0 bridgehead atoms. The number of ether oxygens (including phenoxy) is 1. The molecule has 0 aliphatic heterocycles. The summed E-state index contributed by atoms with van der Waals surface area (Å²) < 4.78 is 7.20. The van der Waals surface area contributed by atoms with E-state index in [1.807, 2.05) is 24.3 Å². The topological polar surface area (TPSA) is 95.4 Å². The van der Waals surface area contributed by atoms with Crippen molar-refractivity contribution in [1.29, 1.82) is 0 Å². The Bertz CT molecular complexity index is 844. The number of aromatic nitrogens is 3. The number of nitrogens with zero attached hydrogens (tertiary/aromatic N) is 5. The van der Waals surface area contributed by atoms with E-state index in [4.69, 9.17) is 4.74 Å². The van der Waals surface area contributed by atoms with Crippen LogP contribution in [-0.4, -0.2) is 26.0 Å². The van der Waals surface area contributed by atoms with E-state index in [1.54, 1.807) is 18.3 Å². The van der Waals surface area contributed by atoms with Crippen molar-refractivity contribution in [3.8, 4) is 5.75 Å². The van der Waals surface area contributed by atoms with E-state index in [9.17, 15) is 10.1 Å². The number of nitro benzene ring substituents is 1. The highest BCUT2D eigenvalue weighted by molar-refractivity contribution is 5.80. The SMILES string of the molecule is O=[N+]([O-])c1ccc(COc2cccc(/C=N\n3cnnc3)c2)cc1. The van der Waals surface area contributed by atoms with Crippen molar-refractivity contribution in [2.75, 3.05) is 0 Å². The van der Waals surface area contributed by atoms with E-state index in [2.05, 4.69) is 15.3 Å². The zero-order valence-electron chi connectivity index (χ0n) is 12.5. The van der Waals surface area contributed by atoms with E-state index in [1.165, 1.54) is 29.5 Å². The molecule has 0 saturated heterocycles. The van der Waals surface area contributed by atoms with Gasteiger partial charge in [0.25, 0.3) is 5.69 Å². The van der Waals surface area contributed by atoms with Crippen molar-refractivity contribution in [3.05, 3.63) is 82.4 Å². The van der Waals surface area contributed by atoms with Gasteiger partial charge < -0.3 is 4.74 Å². The lowest BCUT2D eigenvalue weighted by Crippen LogP contribution is -1.97. The van der Waals surface area contributed by atoms with Crippen LogP contribution in [0.5, 0.6) is 5.75 Å². The Kier molecular flexibility index (Phi) is 4.57. The molecular weight excluding hydrogens is 310 g/mol. The standard InChI is InChI=1S/C16H13N5O3/c22-21(23)15-6-4-13(5-7-15)10-24-16-3-1-2-14(8-16)9-19-20-11-17-18-12-20/h1-9,11-12H,10H2/b19-9-. The number of rotatable bonds is 6. The van der Waals surface area contributed by atoms with Gasteiger partial charge in [-0.3, -0.25) is 10.1 Å². The molecule has 0 unspecified atom stereocenters. The van der Waals surface area contributed by atoms with E-state index in [0.717, 1.165) is 11.1 Å². The highest BCUT2D eigenvalue weighted by Crippen LogP contribution is 2.16. The average Bonchev–Trinajstić information content (AvgIpc) is 3.12. The van der Waals surface area contributed by atoms with Gasteiger partial charge >= 0.3 is 0 Å². The first-order chi connectivity index (χ1) is 11.7. The highest BCUT2D eigenvalue weighted by Gasteiger charge is 2.04. The van der Waals surface area contributed by atoms with E-state index >= 15 is 0 Å². The third-order valence-electron chi connectivity index (χ3n) is 3.16. The molecule has 1 heterocycles. The molecule has 3 rings (SSSR count). The zero-order valence-corrected chi connectivity index (χ0v) is 12.5. The van der Waals surface area contributed by atoms with Crippen LogP contribution in [0.3, 0.4) is 0 Å². The van der Waals surface area contributed by atoms with Crippen LogP contribution in [0, 0.1) is 10.1 Å². The molecule has 0 fully saturated rings. The molecule has 8 heteroatoms. The lowest BCUT2D eigenvalue weighted by atomic mass is 10.2. The second kappa shape index (κ2) is 7.14. The first kappa shape index (κ1) is 15.3. The summed E-state index contributed by atoms with van der Waals surface area (Å²) in [6.07, 6.45) is 4.65. The summed E-state index contributed by atoms with van der Waals surface area (Å²) in [5.41, 5.74) is 1.78. The van der Waals surface area contributed by atoms with Crippen LogP contribution >= 0.6 is 0 Å². The van der Waals surface area contributed by atoms with Crippen LogP contribution in [0.2, 0.25) is 0 Å². The quantitative estimate of drug-likeness (QED) is 0.395. The summed E-state index contributed by atoms with van der Waals surface area (Å²) in [6, 6.07) is 13.7. The van der Waals surface area contributed by atoms with Gasteiger partial charge in [0.15, 0.2) is 0 Å². The molecule has 0 amide bonds. The largest absolute Gasteiger partial charge is 0.489 e. The van der Waals surface area contributed by atoms with Crippen LogP contribution in [0.4, 0.5) is 5.69 Å². The van der Waals surface area contributed by atoms with Crippen molar-refractivity contribution in [2.45, 2.75) is 6.61 Å². The van der Waals surface area contributed by atoms with Gasteiger partial charge in [-0.05, 0) is 35.4 Å². The number of non-ortho nitro benzene ring substituents is 1. The fraction of sp³-hybridized carbons (Fsp3) is 0.0625. The number of benzene rings is 2. The monoisotopic (exact) mass is 323 g/mol. The Morgan fingerprint density at radius 3 is 2.62 bits per heavy atom. The molecular formula is C16H13N5O3. The summed E-state index contributed by atoms with van der Waals surface area (Å²) in [6.45, 7) is 0.323. The van der Waals surface area contributed by atoms with Crippen molar-refractivity contribution in [2.24, 2.45) is 5.10 Å². The van der Waals surface area contributed by atoms with Crippen LogP contribution in [0.25, 0.3) is 0 Å². The maximum Gasteiger partial charge on any atom is 0.269 e. The summed E-state index contributed by atoms with van der Waals surface area (Å²) in [5.74, 6) is 0.682. The Morgan fingerprint density at radius 2 is 1.92 bits per heavy atom. The predicted octanol–water partition coefficient (Wildman–Crippen LogP) is 2.65. The van der Waals surface area contributed by atoms with Crippen LogP contribution < -0.4 is 4.74 Å². The Balaban J connectivity index is 1.63. The molecule has 0 aliphatic carbocycles. The summed E-state index contributed by atoms with van der Waals surface area (Å²) in [5, 5.41) is 22.1. The fourth-order valence-corrected chi connectivity index (χ4v) is 1.95. The van der Waals surface area contributed by atoms with Gasteiger partial charge in [-0.1, -0.05) is 12.1 Å². The average molecular weight is 323 g/mol. The van der Waals surface area contributed by atoms with Gasteiger partial charge in [0, 0.05) is 12.1 Å². The summed E-state index contributed by atoms with van der Waals surface area (Å²) in [7, 11) is 0. The molecule has 0 atom stereocenters. The number of hydrogen-bond acceptors (Lipinski definition) is 6. The number of hydrogen-bond donors (Lipinski definition) is 0. The normalized spacial score (nSPS) is 10.8. The van der Waals surface area contributed by atoms with Gasteiger partial charge in [-0.15, -0.1) is 10.2 Å². The molecule has 8 nitrogen and oxygen atoms in total. The second-order valence-electron chi connectivity index (χ2n) is 4.87. The molecule has 3 aromatic rings. The minimum Gasteiger partial charge on any atom is -0.489 e. The summed E-state index contributed by atoms with van der Waals surface area (Å²) >= 11 is 0. The van der Waals surface area contributed by atoms with Gasteiger partial charge in [0.05, 0.1) is 11.1 Å². The highest BCUT2D eigenvalue weighted by atomic mass is 16.6. The lowest BCUT2D eigenvalue weighted by molar-refractivity contribution is -0.384. The smallest absolute Gasteiger partial charge is 0.269 e. The first-order valence-corrected chi connectivity index (χ1v) is 7.06. The molecule has 0 radical (unpaired) electrons. The molecule has 0 spiro atoms. The minimum absolute atomic E-state index is 0.0611. The van der Waals surface area contributed by atoms with Gasteiger partial charge in [0.2, 0.25) is 0 Å². The predicted molar refractivity (Wildman–Crippen MR) is 86.9 cm³/mol. The Labute approximate surface area is 137 Å². The molecule has 24 heavy (non-hydrogen) atoms. The maximum atomic E-state index is 10.6. The Hall–Kier alpha value is -3.55. The number of nitro groups is 1. The van der Waals surface area contributed by atoms with Crippen molar-refractivity contribution in [3.63, 3.8) is 0 Å². The fourth-order valence-electron chi connectivity index (χ4n) is 1.95. The Morgan fingerprint density at radius 1 is 1.17 bits per heavy atom. The zero-order chi connectivity index (χ0) is 16.8. The first-order valence-electron chi connectivity index (χ1n) is 7.06. The van der Waals surface area contributed by atoms with E-state index in [-0.39, 0.29) is 5.69 Å². The van der Waals surface area contributed by atoms with E-state index in [0.29, 0.717) is 12.4 Å².